The number of benzene rings is 1. The van der Waals surface area contributed by atoms with Crippen LogP contribution in [0.25, 0.3) is 0 Å². The molecule has 1 heterocycles. The van der Waals surface area contributed by atoms with Gasteiger partial charge in [-0.05, 0) is 18.9 Å². The molecule has 0 saturated carbocycles. The molecule has 6 heteroatoms. The Hall–Kier alpha value is -2.37. The molecule has 1 aromatic carbocycles. The van der Waals surface area contributed by atoms with E-state index < -0.39 is 17.5 Å². The molecule has 23 heavy (non-hydrogen) atoms. The molecule has 1 atom stereocenters. The summed E-state index contributed by atoms with van der Waals surface area (Å²) in [6.45, 7) is 4.05. The predicted octanol–water partition coefficient (Wildman–Crippen LogP) is 1.76. The minimum absolute atomic E-state index is 0.251. The predicted molar refractivity (Wildman–Crippen MR) is 86.6 cm³/mol. The first-order valence-corrected chi connectivity index (χ1v) is 7.95. The molecule has 1 aliphatic rings. The zero-order valence-corrected chi connectivity index (χ0v) is 13.6. The highest BCUT2D eigenvalue weighted by Crippen LogP contribution is 2.28. The van der Waals surface area contributed by atoms with Gasteiger partial charge in [-0.3, -0.25) is 14.5 Å². The minimum atomic E-state index is -1.12. The Balaban J connectivity index is 2.00. The van der Waals surface area contributed by atoms with Crippen molar-refractivity contribution in [3.05, 3.63) is 35.9 Å². The first-order valence-electron chi connectivity index (χ1n) is 7.95. The molecular formula is C17H23N3O3. The lowest BCUT2D eigenvalue weighted by atomic mass is 9.92. The van der Waals surface area contributed by atoms with Gasteiger partial charge in [0.15, 0.2) is 0 Å². The minimum Gasteiger partial charge on any atom is -0.355 e. The van der Waals surface area contributed by atoms with Crippen molar-refractivity contribution in [2.45, 2.75) is 38.6 Å². The fraction of sp³-hybridized carbons (Fsp3) is 0.471. The highest BCUT2D eigenvalue weighted by atomic mass is 16.2. The average Bonchev–Trinajstić information content (AvgIpc) is 2.77. The molecule has 2 N–H and O–H groups in total. The van der Waals surface area contributed by atoms with E-state index in [2.05, 4.69) is 17.6 Å². The second-order valence-electron chi connectivity index (χ2n) is 5.87. The van der Waals surface area contributed by atoms with Crippen molar-refractivity contribution in [3.63, 3.8) is 0 Å². The second kappa shape index (κ2) is 7.26. The van der Waals surface area contributed by atoms with E-state index in [9.17, 15) is 14.4 Å². The van der Waals surface area contributed by atoms with Crippen molar-refractivity contribution in [3.8, 4) is 0 Å². The Labute approximate surface area is 136 Å². The maximum Gasteiger partial charge on any atom is 0.325 e. The molecule has 124 valence electrons. The molecule has 6 nitrogen and oxygen atoms in total. The number of urea groups is 1. The van der Waals surface area contributed by atoms with Crippen LogP contribution in [0.3, 0.4) is 0 Å². The number of nitrogens with one attached hydrogen (secondary N) is 2. The summed E-state index contributed by atoms with van der Waals surface area (Å²) in [7, 11) is 0. The molecular weight excluding hydrogens is 294 g/mol. The maximum atomic E-state index is 12.6. The van der Waals surface area contributed by atoms with Gasteiger partial charge < -0.3 is 10.6 Å². The van der Waals surface area contributed by atoms with E-state index in [-0.39, 0.29) is 12.5 Å². The van der Waals surface area contributed by atoms with Gasteiger partial charge in [0.05, 0.1) is 0 Å². The maximum absolute atomic E-state index is 12.6. The van der Waals surface area contributed by atoms with Gasteiger partial charge >= 0.3 is 6.03 Å². The Morgan fingerprint density at radius 2 is 1.91 bits per heavy atom. The second-order valence-corrected chi connectivity index (χ2v) is 5.87. The Kier molecular flexibility index (Phi) is 5.36. The SMILES string of the molecule is CCCCCNC(=O)CN1C(=O)N[C@@](C)(c2ccccc2)C1=O. The van der Waals surface area contributed by atoms with Gasteiger partial charge in [0.1, 0.15) is 12.1 Å². The number of nitrogens with zero attached hydrogens (tertiary/aromatic N) is 1. The lowest BCUT2D eigenvalue weighted by Gasteiger charge is -2.22. The lowest BCUT2D eigenvalue weighted by molar-refractivity contribution is -0.134. The van der Waals surface area contributed by atoms with Crippen LogP contribution in [0, 0.1) is 0 Å². The largest absolute Gasteiger partial charge is 0.355 e. The quantitative estimate of drug-likeness (QED) is 0.594. The molecule has 0 bridgehead atoms. The van der Waals surface area contributed by atoms with Crippen LogP contribution in [0.15, 0.2) is 30.3 Å². The number of carbonyl (C=O) groups excluding carboxylic acids is 3. The number of hydrogen-bond donors (Lipinski definition) is 2. The molecule has 1 aliphatic heterocycles. The van der Waals surface area contributed by atoms with Crippen LogP contribution in [-0.2, 0) is 15.1 Å². The summed E-state index contributed by atoms with van der Waals surface area (Å²) in [5.41, 5.74) is -0.426. The van der Waals surface area contributed by atoms with Crippen LogP contribution in [0.4, 0.5) is 4.79 Å². The van der Waals surface area contributed by atoms with Crippen LogP contribution in [0.5, 0.6) is 0 Å². The van der Waals surface area contributed by atoms with E-state index in [1.54, 1.807) is 19.1 Å². The summed E-state index contributed by atoms with van der Waals surface area (Å²) in [6, 6.07) is 8.49. The fourth-order valence-corrected chi connectivity index (χ4v) is 2.61. The van der Waals surface area contributed by atoms with Crippen LogP contribution in [0.2, 0.25) is 0 Å². The zero-order valence-electron chi connectivity index (χ0n) is 13.6. The average molecular weight is 317 g/mol. The van der Waals surface area contributed by atoms with Gasteiger partial charge in [0.25, 0.3) is 5.91 Å². The number of rotatable bonds is 7. The number of amides is 4. The van der Waals surface area contributed by atoms with E-state index >= 15 is 0 Å². The molecule has 0 aromatic heterocycles. The van der Waals surface area contributed by atoms with Crippen molar-refractivity contribution in [2.24, 2.45) is 0 Å². The monoisotopic (exact) mass is 317 g/mol. The topological polar surface area (TPSA) is 78.5 Å². The van der Waals surface area contributed by atoms with Gasteiger partial charge in [-0.1, -0.05) is 50.1 Å². The first-order chi connectivity index (χ1) is 11.0. The fourth-order valence-electron chi connectivity index (χ4n) is 2.61. The number of hydrogen-bond acceptors (Lipinski definition) is 3. The molecule has 0 spiro atoms. The van der Waals surface area contributed by atoms with E-state index in [0.717, 1.165) is 24.2 Å². The van der Waals surface area contributed by atoms with Crippen molar-refractivity contribution < 1.29 is 14.4 Å². The van der Waals surface area contributed by atoms with Crippen LogP contribution in [-0.4, -0.2) is 35.8 Å². The highest BCUT2D eigenvalue weighted by Gasteiger charge is 2.49. The molecule has 1 fully saturated rings. The van der Waals surface area contributed by atoms with Gasteiger partial charge in [-0.2, -0.15) is 0 Å². The third kappa shape index (κ3) is 3.70. The van der Waals surface area contributed by atoms with Crippen LogP contribution >= 0.6 is 0 Å². The van der Waals surface area contributed by atoms with Crippen molar-refractivity contribution in [1.82, 2.24) is 15.5 Å². The Bertz CT molecular complexity index is 588. The molecule has 0 radical (unpaired) electrons. The van der Waals surface area contributed by atoms with Crippen molar-refractivity contribution >= 4 is 17.8 Å². The van der Waals surface area contributed by atoms with Crippen molar-refractivity contribution in [1.29, 1.82) is 0 Å². The van der Waals surface area contributed by atoms with Gasteiger partial charge in [0.2, 0.25) is 5.91 Å². The Morgan fingerprint density at radius 3 is 2.57 bits per heavy atom. The van der Waals surface area contributed by atoms with Crippen molar-refractivity contribution in [2.75, 3.05) is 13.1 Å². The smallest absolute Gasteiger partial charge is 0.325 e. The van der Waals surface area contributed by atoms with E-state index in [4.69, 9.17) is 0 Å². The van der Waals surface area contributed by atoms with E-state index in [0.29, 0.717) is 12.1 Å². The summed E-state index contributed by atoms with van der Waals surface area (Å²) < 4.78 is 0. The normalized spacial score (nSPS) is 20.5. The first kappa shape index (κ1) is 17.0. The third-order valence-electron chi connectivity index (χ3n) is 4.03. The summed E-state index contributed by atoms with van der Waals surface area (Å²) in [5.74, 6) is -0.723. The van der Waals surface area contributed by atoms with Gasteiger partial charge in [-0.15, -0.1) is 0 Å². The summed E-state index contributed by atoms with van der Waals surface area (Å²) in [4.78, 5) is 37.6. The molecule has 0 aliphatic carbocycles. The summed E-state index contributed by atoms with van der Waals surface area (Å²) >= 11 is 0. The molecule has 1 saturated heterocycles. The number of imide groups is 1. The molecule has 0 unspecified atom stereocenters. The van der Waals surface area contributed by atoms with Crippen LogP contribution in [0.1, 0.15) is 38.7 Å². The summed E-state index contributed by atoms with van der Waals surface area (Å²) in [6.07, 6.45) is 3.00. The summed E-state index contributed by atoms with van der Waals surface area (Å²) in [5, 5.41) is 5.43. The zero-order chi connectivity index (χ0) is 16.9. The van der Waals surface area contributed by atoms with E-state index in [1.807, 2.05) is 18.2 Å². The third-order valence-corrected chi connectivity index (χ3v) is 4.03. The van der Waals surface area contributed by atoms with Gasteiger partial charge in [0, 0.05) is 6.54 Å². The Morgan fingerprint density at radius 1 is 1.22 bits per heavy atom. The van der Waals surface area contributed by atoms with Crippen LogP contribution < -0.4 is 10.6 Å². The highest BCUT2D eigenvalue weighted by molar-refractivity contribution is 6.09. The lowest BCUT2D eigenvalue weighted by Crippen LogP contribution is -2.43. The van der Waals surface area contributed by atoms with Gasteiger partial charge in [-0.25, -0.2) is 4.79 Å². The number of unbranched alkanes of at least 4 members (excludes halogenated alkanes) is 2. The van der Waals surface area contributed by atoms with E-state index in [1.165, 1.54) is 0 Å². The number of carbonyl (C=O) groups is 3. The standard InChI is InChI=1S/C17H23N3O3/c1-3-4-8-11-18-14(21)12-20-15(22)17(2,19-16(20)23)13-9-6-5-7-10-13/h5-7,9-10H,3-4,8,11-12H2,1-2H3,(H,18,21)(H,19,23)/t17-/m0/s1. The molecule has 1 aromatic rings. The molecule has 4 amide bonds. The molecule has 2 rings (SSSR count).